The Morgan fingerprint density at radius 2 is 1.61 bits per heavy atom. The number of amides is 3. The monoisotopic (exact) mass is 734 g/mol. The van der Waals surface area contributed by atoms with Crippen molar-refractivity contribution in [3.63, 3.8) is 0 Å². The van der Waals surface area contributed by atoms with E-state index < -0.39 is 11.0 Å². The summed E-state index contributed by atoms with van der Waals surface area (Å²) in [6.07, 6.45) is 7.05. The van der Waals surface area contributed by atoms with Gasteiger partial charge in [0.15, 0.2) is 5.65 Å². The summed E-state index contributed by atoms with van der Waals surface area (Å²) in [6, 6.07) is 19.2. The van der Waals surface area contributed by atoms with Crippen molar-refractivity contribution in [1.29, 1.82) is 5.41 Å². The zero-order chi connectivity index (χ0) is 38.6. The number of aryl methyl sites for hydroxylation is 1. The van der Waals surface area contributed by atoms with Crippen molar-refractivity contribution in [2.24, 2.45) is 11.3 Å². The van der Waals surface area contributed by atoms with Gasteiger partial charge in [-0.25, -0.2) is 9.59 Å². The lowest BCUT2D eigenvalue weighted by atomic mass is 9.85. The molecule has 1 aliphatic carbocycles. The first-order chi connectivity index (χ1) is 25.6. The Balaban J connectivity index is 1.10. The summed E-state index contributed by atoms with van der Waals surface area (Å²) in [7, 11) is 0. The van der Waals surface area contributed by atoms with E-state index in [1.807, 2.05) is 114 Å². The fourth-order valence-electron chi connectivity index (χ4n) is 6.79. The molecule has 12 heteroatoms. The molecule has 6 rings (SSSR count). The minimum absolute atomic E-state index is 0.206. The molecule has 1 aliphatic heterocycles. The number of piperidine rings is 1. The Kier molecular flexibility index (Phi) is 11.3. The first-order valence-electron chi connectivity index (χ1n) is 18.9. The zero-order valence-electron chi connectivity index (χ0n) is 32.5. The number of nitrogens with one attached hydrogen (secondary N) is 4. The lowest BCUT2D eigenvalue weighted by Gasteiger charge is -2.33. The molecule has 12 nitrogen and oxygen atoms in total. The molecule has 2 aromatic carbocycles. The molecule has 4 N–H and O–H groups in total. The van der Waals surface area contributed by atoms with Crippen molar-refractivity contribution in [2.45, 2.75) is 98.3 Å². The van der Waals surface area contributed by atoms with Gasteiger partial charge in [-0.15, -0.1) is 10.2 Å². The van der Waals surface area contributed by atoms with Crippen LogP contribution < -0.4 is 20.7 Å². The van der Waals surface area contributed by atoms with Crippen LogP contribution in [0.2, 0.25) is 0 Å². The number of carbonyl (C=O) groups is 2. The van der Waals surface area contributed by atoms with E-state index in [0.29, 0.717) is 49.1 Å². The molecule has 2 aliphatic rings. The molecule has 0 saturated carbocycles. The molecule has 1 saturated heterocycles. The molecule has 3 heterocycles. The minimum Gasteiger partial charge on any atom is -0.484 e. The summed E-state index contributed by atoms with van der Waals surface area (Å²) >= 11 is 0. The Morgan fingerprint density at radius 1 is 0.907 bits per heavy atom. The van der Waals surface area contributed by atoms with Gasteiger partial charge >= 0.3 is 12.1 Å². The average molecular weight is 735 g/mol. The second-order valence-corrected chi connectivity index (χ2v) is 16.5. The summed E-state index contributed by atoms with van der Waals surface area (Å²) in [5, 5.41) is 26.9. The third kappa shape index (κ3) is 9.77. The molecular weight excluding hydrogens is 681 g/mol. The van der Waals surface area contributed by atoms with Crippen LogP contribution in [-0.2, 0) is 11.2 Å². The number of allylic oxidation sites excluding steroid dienone is 1. The Morgan fingerprint density at radius 3 is 2.30 bits per heavy atom. The zero-order valence-corrected chi connectivity index (χ0v) is 32.5. The van der Waals surface area contributed by atoms with E-state index in [2.05, 4.69) is 32.2 Å². The van der Waals surface area contributed by atoms with Crippen LogP contribution >= 0.6 is 0 Å². The molecule has 3 amide bonds. The van der Waals surface area contributed by atoms with Crippen molar-refractivity contribution in [3.05, 3.63) is 101 Å². The van der Waals surface area contributed by atoms with Crippen LogP contribution in [0.25, 0.3) is 5.65 Å². The van der Waals surface area contributed by atoms with E-state index >= 15 is 0 Å². The fourth-order valence-corrected chi connectivity index (χ4v) is 6.79. The van der Waals surface area contributed by atoms with Crippen LogP contribution in [0, 0.1) is 23.7 Å². The average Bonchev–Trinajstić information content (AvgIpc) is 3.51. The van der Waals surface area contributed by atoms with Crippen LogP contribution in [0.3, 0.4) is 0 Å². The molecule has 0 spiro atoms. The fraction of sp³-hybridized carbons (Fsp3) is 0.452. The van der Waals surface area contributed by atoms with Gasteiger partial charge in [0.2, 0.25) is 0 Å². The molecule has 2 aromatic heterocycles. The SMILES string of the molecule is Cc1ccc(N/C(=C\C(=N)C(C)(C)C)NC(=O)N[C@H]2CC[C@@H](Oc3ccc4nnc(CC5CCN(C(=O)OC(C)(C)C)CC5)n4c3)c3ccccc32)cc1. The summed E-state index contributed by atoms with van der Waals surface area (Å²) in [6.45, 7) is 14.9. The quantitative estimate of drug-likeness (QED) is 0.126. The van der Waals surface area contributed by atoms with Crippen LogP contribution in [0.4, 0.5) is 15.3 Å². The van der Waals surface area contributed by atoms with Crippen molar-refractivity contribution < 1.29 is 19.1 Å². The maximum atomic E-state index is 13.5. The highest BCUT2D eigenvalue weighted by atomic mass is 16.6. The van der Waals surface area contributed by atoms with Crippen LogP contribution in [0.15, 0.2) is 78.8 Å². The Hall–Kier alpha value is -5.39. The second-order valence-electron chi connectivity index (χ2n) is 16.5. The third-order valence-electron chi connectivity index (χ3n) is 9.88. The molecule has 4 aromatic rings. The van der Waals surface area contributed by atoms with Crippen LogP contribution in [0.5, 0.6) is 5.75 Å². The van der Waals surface area contributed by atoms with Gasteiger partial charge in [-0.2, -0.15) is 0 Å². The van der Waals surface area contributed by atoms with Crippen molar-refractivity contribution in [2.75, 3.05) is 18.4 Å². The predicted octanol–water partition coefficient (Wildman–Crippen LogP) is 8.50. The highest BCUT2D eigenvalue weighted by molar-refractivity contribution is 5.97. The van der Waals surface area contributed by atoms with E-state index in [9.17, 15) is 9.59 Å². The van der Waals surface area contributed by atoms with Crippen molar-refractivity contribution >= 4 is 29.2 Å². The van der Waals surface area contributed by atoms with Crippen molar-refractivity contribution in [3.8, 4) is 5.75 Å². The molecule has 286 valence electrons. The number of benzene rings is 2. The van der Waals surface area contributed by atoms with Gasteiger partial charge in [-0.3, -0.25) is 9.72 Å². The molecular formula is C42H54N8O4. The lowest BCUT2D eigenvalue weighted by molar-refractivity contribution is 0.0183. The van der Waals surface area contributed by atoms with E-state index in [1.54, 1.807) is 11.0 Å². The van der Waals surface area contributed by atoms with Crippen molar-refractivity contribution in [1.82, 2.24) is 30.1 Å². The number of fused-ring (bicyclic) bond motifs is 2. The first-order valence-corrected chi connectivity index (χ1v) is 18.9. The summed E-state index contributed by atoms with van der Waals surface area (Å²) in [5.74, 6) is 2.39. The van der Waals surface area contributed by atoms with Gasteiger partial charge in [0.05, 0.1) is 12.2 Å². The number of nitrogens with zero attached hydrogens (tertiary/aromatic N) is 4. The van der Waals surface area contributed by atoms with Gasteiger partial charge in [0.25, 0.3) is 0 Å². The number of anilines is 1. The number of carbonyl (C=O) groups excluding carboxylic acids is 2. The smallest absolute Gasteiger partial charge is 0.410 e. The molecule has 1 fully saturated rings. The number of hydrogen-bond donors (Lipinski definition) is 4. The highest BCUT2D eigenvalue weighted by Crippen LogP contribution is 2.39. The molecule has 0 unspecified atom stereocenters. The van der Waals surface area contributed by atoms with E-state index in [0.717, 1.165) is 53.1 Å². The second kappa shape index (κ2) is 15.9. The number of pyridine rings is 1. The topological polar surface area (TPSA) is 146 Å². The molecule has 0 radical (unpaired) electrons. The number of hydrogen-bond acceptors (Lipinski definition) is 8. The van der Waals surface area contributed by atoms with Gasteiger partial charge in [0, 0.05) is 42.4 Å². The number of ether oxygens (including phenoxy) is 2. The van der Waals surface area contributed by atoms with Gasteiger partial charge in [0.1, 0.15) is 29.1 Å². The Labute approximate surface area is 318 Å². The van der Waals surface area contributed by atoms with Crippen LogP contribution in [-0.4, -0.2) is 56.0 Å². The van der Waals surface area contributed by atoms with Crippen LogP contribution in [0.1, 0.15) is 102 Å². The van der Waals surface area contributed by atoms with Gasteiger partial charge < -0.3 is 30.4 Å². The number of rotatable bonds is 9. The van der Waals surface area contributed by atoms with Gasteiger partial charge in [-0.1, -0.05) is 62.7 Å². The first kappa shape index (κ1) is 38.3. The van der Waals surface area contributed by atoms with E-state index in [1.165, 1.54) is 0 Å². The molecule has 54 heavy (non-hydrogen) atoms. The highest BCUT2D eigenvalue weighted by Gasteiger charge is 2.31. The number of urea groups is 1. The molecule has 0 bridgehead atoms. The molecule has 2 atom stereocenters. The summed E-state index contributed by atoms with van der Waals surface area (Å²) in [4.78, 5) is 27.8. The summed E-state index contributed by atoms with van der Waals surface area (Å²) in [5.41, 5.74) is 4.22. The Bertz CT molecular complexity index is 2000. The normalized spacial score (nSPS) is 18.1. The third-order valence-corrected chi connectivity index (χ3v) is 9.88. The van der Waals surface area contributed by atoms with Gasteiger partial charge in [-0.05, 0) is 94.7 Å². The maximum Gasteiger partial charge on any atom is 0.410 e. The number of aromatic nitrogens is 3. The lowest BCUT2D eigenvalue weighted by Crippen LogP contribution is -2.42. The summed E-state index contributed by atoms with van der Waals surface area (Å²) < 4.78 is 14.2. The van der Waals surface area contributed by atoms with E-state index in [4.69, 9.17) is 14.9 Å². The minimum atomic E-state index is -0.510. The standard InChI is InChI=1S/C42H54N8O4/c1-27-12-14-29(15-13-27)44-36(25-35(43)41(2,3)4)46-39(51)45-33-17-18-34(32-11-9-8-10-31(32)33)53-30-16-19-37-47-48-38(50(37)26-30)24-28-20-22-49(23-21-28)40(52)54-42(5,6)7/h8-16,19,25-26,28,33-34,43-44H,17-18,20-24H2,1-7H3,(H2,45,46,51)/b36-25+,43-35?/t33-,34+/m0/s1. The largest absolute Gasteiger partial charge is 0.484 e. The predicted molar refractivity (Wildman–Crippen MR) is 211 cm³/mol. The maximum absolute atomic E-state index is 13.5. The number of likely N-dealkylation sites (tertiary alicyclic amines) is 1. The van der Waals surface area contributed by atoms with E-state index in [-0.39, 0.29) is 24.3 Å².